The van der Waals surface area contributed by atoms with Crippen LogP contribution in [0.1, 0.15) is 212 Å². The predicted molar refractivity (Wildman–Crippen MR) is 461 cm³/mol. The standard InChI is InChI=1S/C26H28N2O4.C24H25FN2O3.C24H25N3O5.C20H17N3O2/c1-4-5-6-7-14-23(27-32-19(3)30)26(31)22-17-28(25-16-11-9-13-21(22)25)24-15-10-8-12-20(24)18(2)29;1-3-4-5-6-13-21(26-30-17(2)28)24(29)19-16-27(22-14-9-7-11-18(19)22)23-15-10-8-12-20(23)25;1-3-4-5-6-12-20(25-32-17(2)28)24(29)19-16-26(21-13-8-7-11-18(19)21)22-14-9-10-15-23(22)27(30)31;1-4-20(24)25-22-14(2)16-13-23(18-11-7-5-9-15(16)18)19-12-8-6-10-17(19)21-3/h8-13,15-17H,4-7,14H2,1-3H3;7-12,14-16H,3-6,13H2,1-2H3;7-11,13-16H,3-6,12H2,1-2H3;5-13H,4H2,1-2H3/b27-23+;26-21+;25-20+;22-14+. The van der Waals surface area contributed by atoms with E-state index in [2.05, 4.69) is 46.2 Å². The molecular formula is C94H95FN10O14. The Morgan fingerprint density at radius 1 is 0.387 bits per heavy atom. The minimum atomic E-state index is -0.605. The van der Waals surface area contributed by atoms with Gasteiger partial charge < -0.3 is 37.6 Å². The Labute approximate surface area is 689 Å². The molecule has 612 valence electrons. The Balaban J connectivity index is 0.000000181. The number of nitrogens with zero attached hydrogens (tertiary/aromatic N) is 10. The summed E-state index contributed by atoms with van der Waals surface area (Å²) in [5.74, 6) is -3.53. The fourth-order valence-electron chi connectivity index (χ4n) is 13.4. The molecule has 0 aliphatic rings. The van der Waals surface area contributed by atoms with Crippen molar-refractivity contribution in [1.29, 1.82) is 0 Å². The summed E-state index contributed by atoms with van der Waals surface area (Å²) in [6.45, 7) is 22.5. The number of carbonyl (C=O) groups excluding carboxylic acids is 8. The number of fused-ring (bicyclic) bond motifs is 4. The lowest BCUT2D eigenvalue weighted by Crippen LogP contribution is -2.16. The minimum absolute atomic E-state index is 0.0562. The first-order valence-corrected chi connectivity index (χ1v) is 39.6. The summed E-state index contributed by atoms with van der Waals surface area (Å²) in [7, 11) is 0. The molecule has 0 aliphatic carbocycles. The molecule has 4 heterocycles. The number of halogens is 1. The molecule has 0 spiro atoms. The molecule has 0 N–H and O–H groups in total. The Morgan fingerprint density at radius 3 is 1.12 bits per heavy atom. The van der Waals surface area contributed by atoms with Gasteiger partial charge in [-0.3, -0.25) is 29.3 Å². The highest BCUT2D eigenvalue weighted by Crippen LogP contribution is 2.35. The summed E-state index contributed by atoms with van der Waals surface area (Å²) >= 11 is 0. The first-order valence-electron chi connectivity index (χ1n) is 39.6. The summed E-state index contributed by atoms with van der Waals surface area (Å²) in [4.78, 5) is 132. The van der Waals surface area contributed by atoms with Gasteiger partial charge in [0.2, 0.25) is 23.0 Å². The van der Waals surface area contributed by atoms with E-state index in [0.29, 0.717) is 91.8 Å². The van der Waals surface area contributed by atoms with E-state index in [9.17, 15) is 52.9 Å². The quantitative estimate of drug-likeness (QED) is 0.00703. The Kier molecular flexibility index (Phi) is 33.0. The third kappa shape index (κ3) is 23.2. The Hall–Kier alpha value is -14.0. The number of benzene rings is 8. The van der Waals surface area contributed by atoms with E-state index in [-0.39, 0.29) is 64.2 Å². The molecule has 0 saturated heterocycles. The van der Waals surface area contributed by atoms with E-state index in [1.807, 2.05) is 125 Å². The summed E-state index contributed by atoms with van der Waals surface area (Å²) < 4.78 is 21.6. The number of nitro groups is 1. The lowest BCUT2D eigenvalue weighted by atomic mass is 10.0. The molecule has 119 heavy (non-hydrogen) atoms. The van der Waals surface area contributed by atoms with Gasteiger partial charge in [0.1, 0.15) is 28.6 Å². The van der Waals surface area contributed by atoms with Crippen molar-refractivity contribution in [2.24, 2.45) is 20.6 Å². The minimum Gasteiger partial charge on any atom is -0.326 e. The van der Waals surface area contributed by atoms with Gasteiger partial charge in [0.05, 0.1) is 56.3 Å². The number of rotatable bonds is 33. The zero-order valence-electron chi connectivity index (χ0n) is 68.2. The van der Waals surface area contributed by atoms with Gasteiger partial charge in [0.15, 0.2) is 5.78 Å². The van der Waals surface area contributed by atoms with Gasteiger partial charge >= 0.3 is 23.9 Å². The number of para-hydroxylation sites is 10. The average Bonchev–Trinajstić information content (AvgIpc) is 1.65. The van der Waals surface area contributed by atoms with Crippen LogP contribution in [0.5, 0.6) is 0 Å². The second-order valence-electron chi connectivity index (χ2n) is 27.9. The van der Waals surface area contributed by atoms with Crippen LogP contribution in [-0.4, -0.2) is 93.0 Å². The lowest BCUT2D eigenvalue weighted by Gasteiger charge is -2.09. The van der Waals surface area contributed by atoms with Crippen LogP contribution < -0.4 is 0 Å². The van der Waals surface area contributed by atoms with Crippen molar-refractivity contribution in [2.75, 3.05) is 0 Å². The fraction of sp³-hybridized carbons (Fsp3) is 0.266. The summed E-state index contributed by atoms with van der Waals surface area (Å²) in [6.07, 6.45) is 19.9. The third-order valence-corrected chi connectivity index (χ3v) is 19.2. The van der Waals surface area contributed by atoms with Crippen molar-refractivity contribution in [2.45, 2.75) is 165 Å². The molecule has 12 rings (SSSR count). The maximum Gasteiger partial charge on any atom is 0.334 e. The highest BCUT2D eigenvalue weighted by Gasteiger charge is 2.28. The molecule has 25 heteroatoms. The molecule has 0 saturated carbocycles. The van der Waals surface area contributed by atoms with Gasteiger partial charge in [0, 0.05) is 107 Å². The summed E-state index contributed by atoms with van der Waals surface area (Å²) in [5, 5.41) is 30.1. The van der Waals surface area contributed by atoms with E-state index < -0.39 is 22.8 Å². The van der Waals surface area contributed by atoms with E-state index in [1.54, 1.807) is 114 Å². The molecule has 0 radical (unpaired) electrons. The number of aromatic nitrogens is 4. The van der Waals surface area contributed by atoms with Crippen molar-refractivity contribution >= 4 is 125 Å². The second kappa shape index (κ2) is 44.2. The first-order chi connectivity index (χ1) is 57.5. The summed E-state index contributed by atoms with van der Waals surface area (Å²) in [5.41, 5.74) is 9.67. The molecule has 24 nitrogen and oxygen atoms in total. The number of Topliss-reactive ketones (excluding diaryl/α,β-unsaturated/α-hetero) is 4. The molecule has 12 aromatic rings. The molecule has 0 aliphatic heterocycles. The van der Waals surface area contributed by atoms with Gasteiger partial charge in [-0.1, -0.05) is 233 Å². The highest BCUT2D eigenvalue weighted by atomic mass is 19.1. The van der Waals surface area contributed by atoms with Crippen molar-refractivity contribution < 1.29 is 67.0 Å². The number of nitro benzene ring substituents is 1. The number of unbranched alkanes of at least 4 members (excludes halogenated alkanes) is 9. The van der Waals surface area contributed by atoms with Gasteiger partial charge in [0.25, 0.3) is 5.69 Å². The largest absolute Gasteiger partial charge is 0.334 e. The molecular weight excluding hydrogens is 1510 g/mol. The number of hydrogen-bond donors (Lipinski definition) is 0. The monoisotopic (exact) mass is 1610 g/mol. The normalized spacial score (nSPS) is 11.5. The van der Waals surface area contributed by atoms with Gasteiger partial charge in [-0.25, -0.2) is 28.4 Å². The maximum absolute atomic E-state index is 14.4. The van der Waals surface area contributed by atoms with Crippen molar-refractivity contribution in [1.82, 2.24) is 18.3 Å². The Morgan fingerprint density at radius 2 is 0.723 bits per heavy atom. The van der Waals surface area contributed by atoms with Crippen LogP contribution in [0.25, 0.3) is 71.2 Å². The molecule has 0 unspecified atom stereocenters. The first kappa shape index (κ1) is 88.9. The van der Waals surface area contributed by atoms with Crippen LogP contribution in [0.2, 0.25) is 0 Å². The molecule has 4 aromatic heterocycles. The lowest BCUT2D eigenvalue weighted by molar-refractivity contribution is -0.384. The molecule has 8 aromatic carbocycles. The van der Waals surface area contributed by atoms with E-state index in [4.69, 9.17) is 25.9 Å². The van der Waals surface area contributed by atoms with Gasteiger partial charge in [-0.2, -0.15) is 0 Å². The number of oxime groups is 4. The Bertz CT molecular complexity index is 5680. The van der Waals surface area contributed by atoms with Crippen LogP contribution in [0.15, 0.2) is 240 Å². The van der Waals surface area contributed by atoms with Crippen LogP contribution in [0.4, 0.5) is 15.8 Å². The van der Waals surface area contributed by atoms with Crippen molar-refractivity contribution in [3.05, 3.63) is 274 Å². The number of carbonyl (C=O) groups is 8. The van der Waals surface area contributed by atoms with Gasteiger partial charge in [-0.05, 0) is 113 Å². The SMILES string of the molecule is CCCCCC/C(=N\OC(C)=O)C(=O)c1cn(-c2ccccc2C(C)=O)c2ccccc12.CCCCCC/C(=N\OC(C)=O)C(=O)c1cn(-c2ccccc2F)c2ccccc12.CCCCCC/C(=N\OC(C)=O)C(=O)c1cn(-c2ccccc2[N+](=O)[O-])c2ccccc12.[C-]#[N+]c1ccccc1-n1cc(/C(C)=N/OC(=O)CC)c2ccccc21. The van der Waals surface area contributed by atoms with Crippen LogP contribution in [-0.2, 0) is 38.5 Å². The van der Waals surface area contributed by atoms with Crippen molar-refractivity contribution in [3.63, 3.8) is 0 Å². The van der Waals surface area contributed by atoms with E-state index in [1.165, 1.54) is 39.8 Å². The topological polar surface area (TPSA) is 290 Å². The molecule has 0 bridgehead atoms. The smallest absolute Gasteiger partial charge is 0.326 e. The highest BCUT2D eigenvalue weighted by molar-refractivity contribution is 6.49. The van der Waals surface area contributed by atoms with Crippen LogP contribution in [0.3, 0.4) is 0 Å². The fourth-order valence-corrected chi connectivity index (χ4v) is 13.4. The van der Waals surface area contributed by atoms with Crippen LogP contribution in [0, 0.1) is 22.5 Å². The van der Waals surface area contributed by atoms with Crippen molar-refractivity contribution in [3.8, 4) is 22.7 Å². The molecule has 0 fully saturated rings. The number of ketones is 4. The predicted octanol–water partition coefficient (Wildman–Crippen LogP) is 22.2. The summed E-state index contributed by atoms with van der Waals surface area (Å²) in [6, 6.07) is 57.5. The van der Waals surface area contributed by atoms with Crippen LogP contribution >= 0.6 is 0 Å². The van der Waals surface area contributed by atoms with Gasteiger partial charge in [-0.15, -0.1) is 0 Å². The zero-order chi connectivity index (χ0) is 85.5. The average molecular weight is 1610 g/mol. The van der Waals surface area contributed by atoms with E-state index >= 15 is 0 Å². The number of hydrogen-bond acceptors (Lipinski definition) is 18. The molecule has 0 amide bonds. The second-order valence-corrected chi connectivity index (χ2v) is 27.9. The third-order valence-electron chi connectivity index (χ3n) is 19.2. The molecule has 0 atom stereocenters. The maximum atomic E-state index is 14.4. The van der Waals surface area contributed by atoms with E-state index in [0.717, 1.165) is 110 Å². The zero-order valence-corrected chi connectivity index (χ0v) is 68.2.